The van der Waals surface area contributed by atoms with Gasteiger partial charge in [-0.1, -0.05) is 23.7 Å². The van der Waals surface area contributed by atoms with Gasteiger partial charge < -0.3 is 15.5 Å². The van der Waals surface area contributed by atoms with Crippen molar-refractivity contribution in [1.29, 1.82) is 0 Å². The molecule has 2 aromatic carbocycles. The molecule has 2 aromatic rings. The van der Waals surface area contributed by atoms with Gasteiger partial charge in [0.15, 0.2) is 0 Å². The number of fused-ring (bicyclic) bond motifs is 2. The summed E-state index contributed by atoms with van der Waals surface area (Å²) >= 11 is 6.23. The molecule has 2 unspecified atom stereocenters. The Morgan fingerprint density at radius 2 is 1.79 bits per heavy atom. The number of hydrogen-bond acceptors (Lipinski definition) is 4. The second-order valence-electron chi connectivity index (χ2n) is 6.64. The SMILES string of the molecule is CC1CN(C2=Nc3ccccc3Nc3cc(Cl)ccc32)CC(C)N1. The van der Waals surface area contributed by atoms with Gasteiger partial charge in [0.1, 0.15) is 5.84 Å². The Morgan fingerprint density at radius 1 is 1.04 bits per heavy atom. The number of amidine groups is 1. The highest BCUT2D eigenvalue weighted by Crippen LogP contribution is 2.36. The second-order valence-corrected chi connectivity index (χ2v) is 7.08. The minimum absolute atomic E-state index is 0.429. The van der Waals surface area contributed by atoms with E-state index in [1.54, 1.807) is 0 Å². The molecule has 0 spiro atoms. The van der Waals surface area contributed by atoms with E-state index in [-0.39, 0.29) is 0 Å². The number of anilines is 2. The summed E-state index contributed by atoms with van der Waals surface area (Å²) in [5.41, 5.74) is 4.06. The molecule has 4 nitrogen and oxygen atoms in total. The summed E-state index contributed by atoms with van der Waals surface area (Å²) in [5.74, 6) is 1.01. The van der Waals surface area contributed by atoms with Crippen LogP contribution >= 0.6 is 11.6 Å². The van der Waals surface area contributed by atoms with Gasteiger partial charge in [-0.25, -0.2) is 4.99 Å². The molecular formula is C19H21ClN4. The van der Waals surface area contributed by atoms with Gasteiger partial charge in [0, 0.05) is 35.8 Å². The van der Waals surface area contributed by atoms with E-state index in [0.29, 0.717) is 12.1 Å². The zero-order valence-corrected chi connectivity index (χ0v) is 14.6. The number of benzene rings is 2. The van der Waals surface area contributed by atoms with Crippen molar-refractivity contribution in [3.05, 3.63) is 53.1 Å². The first kappa shape index (κ1) is 15.5. The molecular weight excluding hydrogens is 320 g/mol. The van der Waals surface area contributed by atoms with Crippen LogP contribution in [0.2, 0.25) is 5.02 Å². The highest BCUT2D eigenvalue weighted by atomic mass is 35.5. The topological polar surface area (TPSA) is 39.7 Å². The van der Waals surface area contributed by atoms with Gasteiger partial charge in [-0.15, -0.1) is 0 Å². The number of nitrogens with one attached hydrogen (secondary N) is 2. The first-order chi connectivity index (χ1) is 11.6. The van der Waals surface area contributed by atoms with Crippen LogP contribution in [-0.4, -0.2) is 35.9 Å². The number of nitrogens with zero attached hydrogens (tertiary/aromatic N) is 2. The van der Waals surface area contributed by atoms with E-state index in [1.807, 2.05) is 30.3 Å². The van der Waals surface area contributed by atoms with Crippen molar-refractivity contribution in [2.75, 3.05) is 18.4 Å². The maximum atomic E-state index is 6.23. The predicted octanol–water partition coefficient (Wildman–Crippen LogP) is 4.16. The minimum Gasteiger partial charge on any atom is -0.353 e. The molecule has 2 aliphatic rings. The average molecular weight is 341 g/mol. The fourth-order valence-electron chi connectivity index (χ4n) is 3.55. The molecule has 24 heavy (non-hydrogen) atoms. The van der Waals surface area contributed by atoms with E-state index in [0.717, 1.165) is 46.6 Å². The van der Waals surface area contributed by atoms with Crippen molar-refractivity contribution in [1.82, 2.24) is 10.2 Å². The minimum atomic E-state index is 0.429. The molecule has 2 aliphatic heterocycles. The molecule has 0 aliphatic carbocycles. The molecule has 0 amide bonds. The summed E-state index contributed by atoms with van der Waals surface area (Å²) in [4.78, 5) is 7.39. The van der Waals surface area contributed by atoms with Crippen molar-refractivity contribution >= 4 is 34.5 Å². The first-order valence-corrected chi connectivity index (χ1v) is 8.73. The lowest BCUT2D eigenvalue weighted by Gasteiger charge is -2.38. The predicted molar refractivity (Wildman–Crippen MR) is 101 cm³/mol. The van der Waals surface area contributed by atoms with Crippen LogP contribution in [0, 0.1) is 0 Å². The van der Waals surface area contributed by atoms with Crippen LogP contribution in [0.15, 0.2) is 47.5 Å². The maximum Gasteiger partial charge on any atom is 0.138 e. The first-order valence-electron chi connectivity index (χ1n) is 8.36. The zero-order valence-electron chi connectivity index (χ0n) is 13.9. The number of halogens is 1. The lowest BCUT2D eigenvalue weighted by Crippen LogP contribution is -2.56. The normalized spacial score (nSPS) is 22.8. The Morgan fingerprint density at radius 3 is 2.58 bits per heavy atom. The molecule has 5 heteroatoms. The Labute approximate surface area is 147 Å². The number of piperazine rings is 1. The molecule has 0 bridgehead atoms. The molecule has 0 saturated carbocycles. The Kier molecular flexibility index (Phi) is 3.94. The Balaban J connectivity index is 1.85. The van der Waals surface area contributed by atoms with E-state index in [4.69, 9.17) is 16.6 Å². The summed E-state index contributed by atoms with van der Waals surface area (Å²) in [5, 5.41) is 7.80. The van der Waals surface area contributed by atoms with Crippen molar-refractivity contribution in [3.63, 3.8) is 0 Å². The quantitative estimate of drug-likeness (QED) is 0.756. The Bertz CT molecular complexity index is 792. The molecule has 2 heterocycles. The van der Waals surface area contributed by atoms with Crippen molar-refractivity contribution < 1.29 is 0 Å². The molecule has 2 atom stereocenters. The van der Waals surface area contributed by atoms with Crippen LogP contribution in [0.4, 0.5) is 17.1 Å². The van der Waals surface area contributed by atoms with E-state index in [1.165, 1.54) is 0 Å². The molecule has 4 rings (SSSR count). The second kappa shape index (κ2) is 6.11. The van der Waals surface area contributed by atoms with Gasteiger partial charge in [-0.05, 0) is 44.2 Å². The van der Waals surface area contributed by atoms with Crippen LogP contribution in [0.1, 0.15) is 19.4 Å². The summed E-state index contributed by atoms with van der Waals surface area (Å²) in [6, 6.07) is 15.0. The number of hydrogen-bond donors (Lipinski definition) is 2. The highest BCUT2D eigenvalue weighted by Gasteiger charge is 2.27. The summed E-state index contributed by atoms with van der Waals surface area (Å²) < 4.78 is 0. The molecule has 0 aromatic heterocycles. The van der Waals surface area contributed by atoms with E-state index in [2.05, 4.69) is 41.5 Å². The van der Waals surface area contributed by atoms with Crippen molar-refractivity contribution in [3.8, 4) is 0 Å². The monoisotopic (exact) mass is 340 g/mol. The Hall–Kier alpha value is -2.04. The zero-order chi connectivity index (χ0) is 16.7. The third kappa shape index (κ3) is 2.87. The van der Waals surface area contributed by atoms with Gasteiger partial charge in [0.2, 0.25) is 0 Å². The van der Waals surface area contributed by atoms with Gasteiger partial charge >= 0.3 is 0 Å². The van der Waals surface area contributed by atoms with Crippen LogP contribution in [0.3, 0.4) is 0 Å². The number of para-hydroxylation sites is 2. The number of rotatable bonds is 0. The average Bonchev–Trinajstić information content (AvgIpc) is 2.69. The smallest absolute Gasteiger partial charge is 0.138 e. The lowest BCUT2D eigenvalue weighted by molar-refractivity contribution is 0.255. The third-order valence-corrected chi connectivity index (χ3v) is 4.71. The van der Waals surface area contributed by atoms with E-state index < -0.39 is 0 Å². The van der Waals surface area contributed by atoms with Gasteiger partial charge in [-0.2, -0.15) is 0 Å². The fraction of sp³-hybridized carbons (Fsp3) is 0.316. The molecule has 0 radical (unpaired) electrons. The molecule has 2 N–H and O–H groups in total. The third-order valence-electron chi connectivity index (χ3n) is 4.48. The standard InChI is InChI=1S/C19H21ClN4/c1-12-10-24(11-13(2)21-12)19-15-8-7-14(20)9-18(15)22-16-5-3-4-6-17(16)23-19/h3-9,12-13,21-22H,10-11H2,1-2H3. The van der Waals surface area contributed by atoms with Crippen LogP contribution in [-0.2, 0) is 0 Å². The summed E-state index contributed by atoms with van der Waals surface area (Å²) in [6.07, 6.45) is 0. The molecule has 124 valence electrons. The van der Waals surface area contributed by atoms with Crippen LogP contribution in [0.5, 0.6) is 0 Å². The lowest BCUT2D eigenvalue weighted by atomic mass is 10.1. The summed E-state index contributed by atoms with van der Waals surface area (Å²) in [6.45, 7) is 6.31. The number of aliphatic imine (C=N–C) groups is 1. The van der Waals surface area contributed by atoms with Crippen LogP contribution in [0.25, 0.3) is 0 Å². The van der Waals surface area contributed by atoms with Gasteiger partial charge in [-0.3, -0.25) is 0 Å². The van der Waals surface area contributed by atoms with Crippen molar-refractivity contribution in [2.24, 2.45) is 4.99 Å². The van der Waals surface area contributed by atoms with Crippen LogP contribution < -0.4 is 10.6 Å². The van der Waals surface area contributed by atoms with E-state index >= 15 is 0 Å². The molecule has 1 fully saturated rings. The van der Waals surface area contributed by atoms with Gasteiger partial charge in [0.05, 0.1) is 17.1 Å². The summed E-state index contributed by atoms with van der Waals surface area (Å²) in [7, 11) is 0. The van der Waals surface area contributed by atoms with Gasteiger partial charge in [0.25, 0.3) is 0 Å². The maximum absolute atomic E-state index is 6.23. The molecule has 1 saturated heterocycles. The van der Waals surface area contributed by atoms with E-state index in [9.17, 15) is 0 Å². The van der Waals surface area contributed by atoms with Crippen molar-refractivity contribution in [2.45, 2.75) is 25.9 Å². The largest absolute Gasteiger partial charge is 0.353 e. The highest BCUT2D eigenvalue weighted by molar-refractivity contribution is 6.31. The fourth-order valence-corrected chi connectivity index (χ4v) is 3.72.